The molecule has 15 heteroatoms. The molecule has 1 N–H and O–H groups in total. The first-order valence-electron chi connectivity index (χ1n) is 9.26. The van der Waals surface area contributed by atoms with Crippen LogP contribution in [-0.2, 0) is 16.0 Å². The van der Waals surface area contributed by atoms with Crippen molar-refractivity contribution in [2.45, 2.75) is 18.1 Å². The Kier molecular flexibility index (Phi) is 5.24. The molecule has 0 aliphatic heterocycles. The van der Waals surface area contributed by atoms with E-state index in [9.17, 15) is 26.4 Å². The first-order valence-corrected chi connectivity index (χ1v) is 10.9. The van der Waals surface area contributed by atoms with E-state index in [0.29, 0.717) is 0 Å². The van der Waals surface area contributed by atoms with Gasteiger partial charge in [0.15, 0.2) is 31.9 Å². The molecule has 33 heavy (non-hydrogen) atoms. The lowest BCUT2D eigenvalue weighted by atomic mass is 10.2. The lowest BCUT2D eigenvalue weighted by Crippen LogP contribution is -2.26. The van der Waals surface area contributed by atoms with Crippen LogP contribution in [0.15, 0.2) is 35.6 Å². The number of alkyl halides is 3. The number of nitrogens with zero attached hydrogens (tertiary/aromatic N) is 7. The molecule has 4 aromatic heterocycles. The number of carbonyl (C=O) groups is 1. The number of nitriles is 1. The summed E-state index contributed by atoms with van der Waals surface area (Å²) in [6, 6.07) is 5.02. The fourth-order valence-corrected chi connectivity index (χ4v) is 4.03. The van der Waals surface area contributed by atoms with E-state index < -0.39 is 32.6 Å². The van der Waals surface area contributed by atoms with Crippen LogP contribution in [0.2, 0.25) is 0 Å². The highest BCUT2D eigenvalue weighted by atomic mass is 32.2. The lowest BCUT2D eigenvalue weighted by Gasteiger charge is -2.04. The Bertz CT molecular complexity index is 1550. The number of hydrogen-bond acceptors (Lipinski definition) is 8. The van der Waals surface area contributed by atoms with Crippen LogP contribution < -0.4 is 5.32 Å². The van der Waals surface area contributed by atoms with Gasteiger partial charge in [0.25, 0.3) is 5.91 Å². The van der Waals surface area contributed by atoms with E-state index in [-0.39, 0.29) is 40.5 Å². The molecule has 170 valence electrons. The van der Waals surface area contributed by atoms with Crippen molar-refractivity contribution in [1.82, 2.24) is 34.5 Å². The Morgan fingerprint density at radius 3 is 2.70 bits per heavy atom. The van der Waals surface area contributed by atoms with Crippen LogP contribution in [0.5, 0.6) is 0 Å². The average Bonchev–Trinajstić information content (AvgIpc) is 3.38. The van der Waals surface area contributed by atoms with E-state index in [1.807, 2.05) is 0 Å². The third-order valence-corrected chi connectivity index (χ3v) is 6.23. The van der Waals surface area contributed by atoms with Gasteiger partial charge in [-0.2, -0.15) is 28.6 Å². The summed E-state index contributed by atoms with van der Waals surface area (Å²) in [6.45, 7) is 1.10. The molecule has 0 aliphatic carbocycles. The van der Waals surface area contributed by atoms with Crippen molar-refractivity contribution in [3.63, 3.8) is 0 Å². The molecular weight excluding hydrogens is 465 g/mol. The van der Waals surface area contributed by atoms with E-state index in [4.69, 9.17) is 5.26 Å². The third-order valence-electron chi connectivity index (χ3n) is 4.59. The molecular formula is C18H13F3N8O3S. The Balaban J connectivity index is 1.99. The Labute approximate surface area is 183 Å². The molecule has 4 aromatic rings. The number of sulfone groups is 1. The number of fused-ring (bicyclic) bond motifs is 2. The molecule has 0 unspecified atom stereocenters. The number of nitrogens with one attached hydrogen (secondary N) is 1. The molecule has 0 radical (unpaired) electrons. The van der Waals surface area contributed by atoms with Crippen molar-refractivity contribution < 1.29 is 26.4 Å². The molecule has 0 saturated heterocycles. The van der Waals surface area contributed by atoms with Gasteiger partial charge in [0.1, 0.15) is 12.2 Å². The van der Waals surface area contributed by atoms with Crippen molar-refractivity contribution in [3.8, 4) is 17.3 Å². The summed E-state index contributed by atoms with van der Waals surface area (Å²) < 4.78 is 66.5. The SMILES string of the molecule is CCS(=O)(=O)c1nn2c(C(=O)NCC#N)ccnc2c1-c1ccn2nc(C(F)(F)F)cc2n1. The summed E-state index contributed by atoms with van der Waals surface area (Å²) in [4.78, 5) is 20.7. The van der Waals surface area contributed by atoms with Crippen molar-refractivity contribution in [2.75, 3.05) is 12.3 Å². The fourth-order valence-electron chi connectivity index (χ4n) is 3.04. The molecule has 0 fully saturated rings. The maximum Gasteiger partial charge on any atom is 0.435 e. The zero-order valence-electron chi connectivity index (χ0n) is 16.7. The van der Waals surface area contributed by atoms with Crippen LogP contribution in [0.1, 0.15) is 23.1 Å². The van der Waals surface area contributed by atoms with E-state index in [1.165, 1.54) is 31.5 Å². The number of aromatic nitrogens is 6. The van der Waals surface area contributed by atoms with Crippen LogP contribution in [0.4, 0.5) is 13.2 Å². The summed E-state index contributed by atoms with van der Waals surface area (Å²) >= 11 is 0. The van der Waals surface area contributed by atoms with Crippen LogP contribution in [0.25, 0.3) is 22.6 Å². The Morgan fingerprint density at radius 2 is 2.03 bits per heavy atom. The van der Waals surface area contributed by atoms with E-state index in [1.54, 1.807) is 6.07 Å². The molecule has 4 heterocycles. The second kappa shape index (κ2) is 7.81. The zero-order valence-corrected chi connectivity index (χ0v) is 17.5. The van der Waals surface area contributed by atoms with Gasteiger partial charge in [-0.25, -0.2) is 27.4 Å². The molecule has 0 aliphatic rings. The lowest BCUT2D eigenvalue weighted by molar-refractivity contribution is -0.141. The van der Waals surface area contributed by atoms with Crippen LogP contribution in [-0.4, -0.2) is 55.8 Å². The number of hydrogen-bond donors (Lipinski definition) is 1. The summed E-state index contributed by atoms with van der Waals surface area (Å²) in [5.74, 6) is -1.04. The van der Waals surface area contributed by atoms with Crippen molar-refractivity contribution >= 4 is 27.0 Å². The number of carbonyl (C=O) groups excluding carboxylic acids is 1. The minimum atomic E-state index is -4.69. The highest BCUT2D eigenvalue weighted by Gasteiger charge is 2.34. The quantitative estimate of drug-likeness (QED) is 0.425. The Morgan fingerprint density at radius 1 is 1.27 bits per heavy atom. The van der Waals surface area contributed by atoms with Crippen molar-refractivity contribution in [2.24, 2.45) is 0 Å². The molecule has 4 rings (SSSR count). The van der Waals surface area contributed by atoms with Gasteiger partial charge in [-0.3, -0.25) is 4.79 Å². The molecule has 0 saturated carbocycles. The minimum Gasteiger partial charge on any atom is -0.338 e. The molecule has 1 amide bonds. The fraction of sp³-hybridized carbons (Fsp3) is 0.222. The summed E-state index contributed by atoms with van der Waals surface area (Å²) in [5, 5.41) is 18.1. The zero-order chi connectivity index (χ0) is 24.0. The molecule has 0 bridgehead atoms. The second-order valence-electron chi connectivity index (χ2n) is 6.63. The van der Waals surface area contributed by atoms with Crippen LogP contribution >= 0.6 is 0 Å². The van der Waals surface area contributed by atoms with Crippen LogP contribution in [0.3, 0.4) is 0 Å². The molecule has 0 spiro atoms. The first-order chi connectivity index (χ1) is 15.6. The molecule has 0 atom stereocenters. The van der Waals surface area contributed by atoms with E-state index >= 15 is 0 Å². The second-order valence-corrected chi connectivity index (χ2v) is 8.83. The predicted octanol–water partition coefficient (Wildman–Crippen LogP) is 1.50. The predicted molar refractivity (Wildman–Crippen MR) is 106 cm³/mol. The van der Waals surface area contributed by atoms with Crippen molar-refractivity contribution in [3.05, 3.63) is 42.0 Å². The summed E-state index contributed by atoms with van der Waals surface area (Å²) in [5.41, 5.74) is -1.60. The number of halogens is 3. The van der Waals surface area contributed by atoms with Gasteiger partial charge < -0.3 is 5.32 Å². The maximum absolute atomic E-state index is 13.0. The maximum atomic E-state index is 13.0. The van der Waals surface area contributed by atoms with Crippen molar-refractivity contribution in [1.29, 1.82) is 5.26 Å². The standard InChI is InChI=1S/C18H13F3N8O3S/c1-2-33(31,32)17-14(10-4-8-28-13(25-10)9-12(26-28)18(19,20)21)15-23-6-3-11(29(15)27-17)16(30)24-7-5-22/h3-4,6,8-9H,2,7H2,1H3,(H,24,30). The van der Waals surface area contributed by atoms with Gasteiger partial charge in [-0.15, -0.1) is 0 Å². The van der Waals surface area contributed by atoms with Gasteiger partial charge in [-0.1, -0.05) is 6.92 Å². The molecule has 11 nitrogen and oxygen atoms in total. The highest BCUT2D eigenvalue weighted by molar-refractivity contribution is 7.91. The largest absolute Gasteiger partial charge is 0.435 e. The van der Waals surface area contributed by atoms with Gasteiger partial charge in [0.2, 0.25) is 0 Å². The van der Waals surface area contributed by atoms with Gasteiger partial charge in [0.05, 0.1) is 23.1 Å². The van der Waals surface area contributed by atoms with Crippen LogP contribution in [0, 0.1) is 11.3 Å². The van der Waals surface area contributed by atoms with Gasteiger partial charge >= 0.3 is 6.18 Å². The third kappa shape index (κ3) is 3.84. The summed E-state index contributed by atoms with van der Waals surface area (Å²) in [7, 11) is -3.97. The molecule has 0 aromatic carbocycles. The van der Waals surface area contributed by atoms with Gasteiger partial charge in [-0.05, 0) is 12.1 Å². The topological polar surface area (TPSA) is 147 Å². The number of rotatable bonds is 5. The smallest absolute Gasteiger partial charge is 0.338 e. The van der Waals surface area contributed by atoms with E-state index in [0.717, 1.165) is 15.1 Å². The monoisotopic (exact) mass is 478 g/mol. The summed E-state index contributed by atoms with van der Waals surface area (Å²) in [6.07, 6.45) is -2.26. The first kappa shape index (κ1) is 22.1. The Hall–Kier alpha value is -4.06. The van der Waals surface area contributed by atoms with E-state index in [2.05, 4.69) is 25.5 Å². The van der Waals surface area contributed by atoms with Gasteiger partial charge in [0, 0.05) is 18.5 Å². The average molecular weight is 478 g/mol. The minimum absolute atomic E-state index is 0.0276. The normalized spacial score (nSPS) is 12.2. The number of amides is 1. The highest BCUT2D eigenvalue weighted by Crippen LogP contribution is 2.32.